The number of ether oxygens (including phenoxy) is 1. The third kappa shape index (κ3) is 2.64. The third-order valence-electron chi connectivity index (χ3n) is 3.23. The number of aromatic nitrogens is 2. The minimum absolute atomic E-state index is 0.0501. The lowest BCUT2D eigenvalue weighted by Gasteiger charge is -2.15. The summed E-state index contributed by atoms with van der Waals surface area (Å²) < 4.78 is 10.8. The Morgan fingerprint density at radius 3 is 3.00 bits per heavy atom. The maximum Gasteiger partial charge on any atom is 0.289 e. The number of aryl methyl sites for hydroxylation is 1. The fraction of sp³-hybridized carbons (Fsp3) is 0.357. The summed E-state index contributed by atoms with van der Waals surface area (Å²) in [5, 5.41) is 7.91. The molecule has 0 N–H and O–H groups in total. The first-order chi connectivity index (χ1) is 9.72. The maximum absolute atomic E-state index is 12.1. The molecule has 2 aromatic heterocycles. The summed E-state index contributed by atoms with van der Waals surface area (Å²) in [5.74, 6) is 0.754. The predicted molar refractivity (Wildman–Crippen MR) is 70.4 cm³/mol. The van der Waals surface area contributed by atoms with Crippen molar-refractivity contribution >= 4 is 5.91 Å². The van der Waals surface area contributed by atoms with Gasteiger partial charge in [-0.3, -0.25) is 4.79 Å². The normalized spacial score (nSPS) is 18.2. The first-order valence-corrected chi connectivity index (χ1v) is 6.52. The lowest BCUT2D eigenvalue weighted by molar-refractivity contribution is 0.0739. The molecule has 6 heteroatoms. The number of furan rings is 1. The van der Waals surface area contributed by atoms with Gasteiger partial charge in [-0.1, -0.05) is 0 Å². The second-order valence-electron chi connectivity index (χ2n) is 4.77. The summed E-state index contributed by atoms with van der Waals surface area (Å²) in [4.78, 5) is 13.8. The Hall–Kier alpha value is -2.37. The van der Waals surface area contributed by atoms with E-state index in [2.05, 4.69) is 10.2 Å². The molecule has 3 heterocycles. The third-order valence-corrected chi connectivity index (χ3v) is 3.23. The van der Waals surface area contributed by atoms with Crippen molar-refractivity contribution in [2.75, 3.05) is 13.1 Å². The van der Waals surface area contributed by atoms with Crippen LogP contribution < -0.4 is 4.74 Å². The molecule has 6 nitrogen and oxygen atoms in total. The van der Waals surface area contributed by atoms with Gasteiger partial charge >= 0.3 is 0 Å². The van der Waals surface area contributed by atoms with E-state index in [4.69, 9.17) is 9.15 Å². The van der Waals surface area contributed by atoms with Crippen molar-refractivity contribution in [1.82, 2.24) is 15.1 Å². The van der Waals surface area contributed by atoms with Crippen LogP contribution in [0.1, 0.15) is 22.7 Å². The van der Waals surface area contributed by atoms with E-state index in [9.17, 15) is 4.79 Å². The van der Waals surface area contributed by atoms with Crippen LogP contribution in [0.25, 0.3) is 0 Å². The van der Waals surface area contributed by atoms with Gasteiger partial charge in [-0.05, 0) is 25.1 Å². The van der Waals surface area contributed by atoms with Crippen LogP contribution in [0.5, 0.6) is 5.88 Å². The largest absolute Gasteiger partial charge is 0.471 e. The Morgan fingerprint density at radius 1 is 1.40 bits per heavy atom. The van der Waals surface area contributed by atoms with Gasteiger partial charge in [-0.15, -0.1) is 5.10 Å². The fourth-order valence-electron chi connectivity index (χ4n) is 2.19. The van der Waals surface area contributed by atoms with Crippen LogP contribution in [0.4, 0.5) is 0 Å². The van der Waals surface area contributed by atoms with E-state index >= 15 is 0 Å². The summed E-state index contributed by atoms with van der Waals surface area (Å²) >= 11 is 0. The molecule has 0 radical (unpaired) electrons. The summed E-state index contributed by atoms with van der Waals surface area (Å²) in [6.45, 7) is 3.06. The van der Waals surface area contributed by atoms with Gasteiger partial charge in [0.25, 0.3) is 5.91 Å². The molecule has 1 atom stereocenters. The second kappa shape index (κ2) is 5.32. The highest BCUT2D eigenvalue weighted by Gasteiger charge is 2.29. The van der Waals surface area contributed by atoms with Crippen LogP contribution in [-0.4, -0.2) is 40.2 Å². The fourth-order valence-corrected chi connectivity index (χ4v) is 2.19. The minimum Gasteiger partial charge on any atom is -0.471 e. The number of hydrogen-bond donors (Lipinski definition) is 0. The highest BCUT2D eigenvalue weighted by atomic mass is 16.5. The van der Waals surface area contributed by atoms with E-state index in [1.54, 1.807) is 23.1 Å². The molecule has 1 aliphatic heterocycles. The highest BCUT2D eigenvalue weighted by molar-refractivity contribution is 5.91. The SMILES string of the molecule is Cc1ccc(OC2CCN(C(=O)c3ccco3)C2)nn1. The topological polar surface area (TPSA) is 68.5 Å². The number of nitrogens with zero attached hydrogens (tertiary/aromatic N) is 3. The quantitative estimate of drug-likeness (QED) is 0.851. The average molecular weight is 273 g/mol. The van der Waals surface area contributed by atoms with E-state index < -0.39 is 0 Å². The number of carbonyl (C=O) groups excluding carboxylic acids is 1. The second-order valence-corrected chi connectivity index (χ2v) is 4.77. The standard InChI is InChI=1S/C14H15N3O3/c1-10-4-5-13(16-15-10)20-11-6-7-17(9-11)14(18)12-3-2-8-19-12/h2-5,8,11H,6-7,9H2,1H3. The van der Waals surface area contributed by atoms with Crippen molar-refractivity contribution in [2.45, 2.75) is 19.4 Å². The van der Waals surface area contributed by atoms with Crippen molar-refractivity contribution in [3.8, 4) is 5.88 Å². The zero-order valence-electron chi connectivity index (χ0n) is 11.2. The number of likely N-dealkylation sites (tertiary alicyclic amines) is 1. The van der Waals surface area contributed by atoms with Crippen molar-refractivity contribution in [1.29, 1.82) is 0 Å². The van der Waals surface area contributed by atoms with E-state index in [1.807, 2.05) is 13.0 Å². The first-order valence-electron chi connectivity index (χ1n) is 6.52. The molecule has 1 aliphatic rings. The monoisotopic (exact) mass is 273 g/mol. The molecule has 1 fully saturated rings. The van der Waals surface area contributed by atoms with Gasteiger partial charge in [0, 0.05) is 19.0 Å². The minimum atomic E-state index is -0.101. The first kappa shape index (κ1) is 12.7. The van der Waals surface area contributed by atoms with Crippen LogP contribution in [0, 0.1) is 6.92 Å². The van der Waals surface area contributed by atoms with Gasteiger partial charge in [0.05, 0.1) is 18.5 Å². The van der Waals surface area contributed by atoms with Crippen LogP contribution in [0.15, 0.2) is 34.9 Å². The summed E-state index contributed by atoms with van der Waals surface area (Å²) in [6.07, 6.45) is 2.23. The molecular weight excluding hydrogens is 258 g/mol. The highest BCUT2D eigenvalue weighted by Crippen LogP contribution is 2.18. The molecule has 20 heavy (non-hydrogen) atoms. The van der Waals surface area contributed by atoms with E-state index in [0.717, 1.165) is 12.1 Å². The molecule has 1 saturated heterocycles. The molecule has 3 rings (SSSR count). The smallest absolute Gasteiger partial charge is 0.289 e. The van der Waals surface area contributed by atoms with Crippen molar-refractivity contribution in [3.63, 3.8) is 0 Å². The molecule has 0 aromatic carbocycles. The molecule has 0 spiro atoms. The number of carbonyl (C=O) groups is 1. The molecule has 0 bridgehead atoms. The van der Waals surface area contributed by atoms with E-state index in [-0.39, 0.29) is 12.0 Å². The summed E-state index contributed by atoms with van der Waals surface area (Å²) in [7, 11) is 0. The van der Waals surface area contributed by atoms with Gasteiger partial charge < -0.3 is 14.1 Å². The van der Waals surface area contributed by atoms with E-state index in [0.29, 0.717) is 24.7 Å². The van der Waals surface area contributed by atoms with Gasteiger partial charge in [0.2, 0.25) is 5.88 Å². The van der Waals surface area contributed by atoms with Crippen LogP contribution in [-0.2, 0) is 0 Å². The zero-order chi connectivity index (χ0) is 13.9. The Kier molecular flexibility index (Phi) is 3.37. The van der Waals surface area contributed by atoms with Gasteiger partial charge in [0.1, 0.15) is 6.10 Å². The summed E-state index contributed by atoms with van der Waals surface area (Å²) in [6, 6.07) is 7.02. The maximum atomic E-state index is 12.1. The van der Waals surface area contributed by atoms with Crippen LogP contribution in [0.2, 0.25) is 0 Å². The Morgan fingerprint density at radius 2 is 2.30 bits per heavy atom. The van der Waals surface area contributed by atoms with Crippen molar-refractivity contribution in [3.05, 3.63) is 42.0 Å². The number of amides is 1. The van der Waals surface area contributed by atoms with Gasteiger partial charge in [-0.2, -0.15) is 5.10 Å². The lowest BCUT2D eigenvalue weighted by Crippen LogP contribution is -2.30. The molecular formula is C14H15N3O3. The molecule has 0 aliphatic carbocycles. The van der Waals surface area contributed by atoms with Crippen LogP contribution in [0.3, 0.4) is 0 Å². The lowest BCUT2D eigenvalue weighted by atomic mass is 10.3. The molecule has 104 valence electrons. The van der Waals surface area contributed by atoms with E-state index in [1.165, 1.54) is 6.26 Å². The Labute approximate surface area is 116 Å². The van der Waals surface area contributed by atoms with Crippen molar-refractivity contribution in [2.24, 2.45) is 0 Å². The molecule has 1 unspecified atom stereocenters. The average Bonchev–Trinajstić information content (AvgIpc) is 3.12. The number of hydrogen-bond acceptors (Lipinski definition) is 5. The van der Waals surface area contributed by atoms with Crippen LogP contribution >= 0.6 is 0 Å². The van der Waals surface area contributed by atoms with Crippen molar-refractivity contribution < 1.29 is 13.9 Å². The van der Waals surface area contributed by atoms with Gasteiger partial charge in [-0.25, -0.2) is 0 Å². The molecule has 0 saturated carbocycles. The molecule has 2 aromatic rings. The Bertz CT molecular complexity index is 580. The zero-order valence-corrected chi connectivity index (χ0v) is 11.2. The molecule has 1 amide bonds. The predicted octanol–water partition coefficient (Wildman–Crippen LogP) is 1.67. The Balaban J connectivity index is 1.59. The van der Waals surface area contributed by atoms with Gasteiger partial charge in [0.15, 0.2) is 5.76 Å². The summed E-state index contributed by atoms with van der Waals surface area (Å²) in [5.41, 5.74) is 0.846. The number of rotatable bonds is 3.